The summed E-state index contributed by atoms with van der Waals surface area (Å²) in [5, 5.41) is 6.57. The SMILES string of the molecule is CN=C(NCCCOCC1CC1)NCc1ccc(C(=O)N(C)C)cc1. The molecule has 1 aliphatic rings. The van der Waals surface area contributed by atoms with E-state index in [1.165, 1.54) is 12.8 Å². The van der Waals surface area contributed by atoms with Gasteiger partial charge in [-0.1, -0.05) is 12.1 Å². The van der Waals surface area contributed by atoms with E-state index in [2.05, 4.69) is 15.6 Å². The van der Waals surface area contributed by atoms with Crippen LogP contribution in [-0.4, -0.2) is 57.7 Å². The predicted molar refractivity (Wildman–Crippen MR) is 101 cm³/mol. The van der Waals surface area contributed by atoms with Crippen LogP contribution in [0.4, 0.5) is 0 Å². The van der Waals surface area contributed by atoms with Crippen molar-refractivity contribution < 1.29 is 9.53 Å². The van der Waals surface area contributed by atoms with Crippen molar-refractivity contribution in [2.24, 2.45) is 10.9 Å². The third kappa shape index (κ3) is 7.13. The quantitative estimate of drug-likeness (QED) is 0.407. The highest BCUT2D eigenvalue weighted by Gasteiger charge is 2.20. The largest absolute Gasteiger partial charge is 0.381 e. The molecule has 138 valence electrons. The number of benzene rings is 1. The smallest absolute Gasteiger partial charge is 0.253 e. The Balaban J connectivity index is 1.64. The third-order valence-corrected chi connectivity index (χ3v) is 4.10. The van der Waals surface area contributed by atoms with Crippen LogP contribution in [0.5, 0.6) is 0 Å². The summed E-state index contributed by atoms with van der Waals surface area (Å²) >= 11 is 0. The van der Waals surface area contributed by atoms with E-state index in [9.17, 15) is 4.79 Å². The van der Waals surface area contributed by atoms with E-state index in [0.29, 0.717) is 12.1 Å². The lowest BCUT2D eigenvalue weighted by Crippen LogP contribution is -2.37. The number of amides is 1. The average Bonchev–Trinajstić information content (AvgIpc) is 3.44. The number of carbonyl (C=O) groups is 1. The fourth-order valence-corrected chi connectivity index (χ4v) is 2.35. The first-order valence-corrected chi connectivity index (χ1v) is 8.93. The second-order valence-corrected chi connectivity index (χ2v) is 6.62. The summed E-state index contributed by atoms with van der Waals surface area (Å²) in [5.74, 6) is 1.61. The maximum absolute atomic E-state index is 11.9. The van der Waals surface area contributed by atoms with Gasteiger partial charge in [-0.2, -0.15) is 0 Å². The maximum Gasteiger partial charge on any atom is 0.253 e. The second kappa shape index (κ2) is 10.0. The van der Waals surface area contributed by atoms with Crippen molar-refractivity contribution in [1.29, 1.82) is 0 Å². The summed E-state index contributed by atoms with van der Waals surface area (Å²) in [4.78, 5) is 17.7. The molecule has 2 N–H and O–H groups in total. The van der Waals surface area contributed by atoms with Crippen molar-refractivity contribution in [2.75, 3.05) is 40.9 Å². The van der Waals surface area contributed by atoms with Crippen LogP contribution < -0.4 is 10.6 Å². The van der Waals surface area contributed by atoms with Gasteiger partial charge in [0.25, 0.3) is 5.91 Å². The molecule has 0 bridgehead atoms. The van der Waals surface area contributed by atoms with Crippen molar-refractivity contribution in [3.63, 3.8) is 0 Å². The van der Waals surface area contributed by atoms with Crippen LogP contribution in [0.1, 0.15) is 35.2 Å². The maximum atomic E-state index is 11.9. The van der Waals surface area contributed by atoms with Gasteiger partial charge in [-0.25, -0.2) is 0 Å². The Bertz CT molecular complexity index is 565. The van der Waals surface area contributed by atoms with E-state index in [4.69, 9.17) is 4.74 Å². The average molecular weight is 346 g/mol. The molecule has 0 heterocycles. The van der Waals surface area contributed by atoms with Crippen LogP contribution in [0.25, 0.3) is 0 Å². The van der Waals surface area contributed by atoms with Gasteiger partial charge in [-0.3, -0.25) is 9.79 Å². The molecule has 2 rings (SSSR count). The van der Waals surface area contributed by atoms with Crippen LogP contribution in [0.2, 0.25) is 0 Å². The molecule has 0 spiro atoms. The van der Waals surface area contributed by atoms with Gasteiger partial charge in [-0.05, 0) is 42.9 Å². The summed E-state index contributed by atoms with van der Waals surface area (Å²) in [6.45, 7) is 3.20. The molecular formula is C19H30N4O2. The lowest BCUT2D eigenvalue weighted by molar-refractivity contribution is 0.0827. The molecule has 25 heavy (non-hydrogen) atoms. The van der Waals surface area contributed by atoms with Gasteiger partial charge in [0.1, 0.15) is 0 Å². The van der Waals surface area contributed by atoms with Crippen LogP contribution >= 0.6 is 0 Å². The molecule has 0 saturated heterocycles. The molecule has 0 atom stereocenters. The number of nitrogens with zero attached hydrogens (tertiary/aromatic N) is 2. The first kappa shape index (κ1) is 19.2. The zero-order chi connectivity index (χ0) is 18.1. The molecule has 0 aromatic heterocycles. The number of nitrogens with one attached hydrogen (secondary N) is 2. The Kier molecular flexibility index (Phi) is 7.73. The number of hydrogen-bond acceptors (Lipinski definition) is 3. The lowest BCUT2D eigenvalue weighted by atomic mass is 10.1. The molecule has 1 amide bonds. The molecule has 0 aliphatic heterocycles. The van der Waals surface area contributed by atoms with Crippen LogP contribution in [-0.2, 0) is 11.3 Å². The summed E-state index contributed by atoms with van der Waals surface area (Å²) in [6, 6.07) is 7.63. The topological polar surface area (TPSA) is 66.0 Å². The fraction of sp³-hybridized carbons (Fsp3) is 0.579. The van der Waals surface area contributed by atoms with Gasteiger partial charge >= 0.3 is 0 Å². The van der Waals surface area contributed by atoms with Gasteiger partial charge in [-0.15, -0.1) is 0 Å². The van der Waals surface area contributed by atoms with E-state index in [0.717, 1.165) is 43.6 Å². The first-order valence-electron chi connectivity index (χ1n) is 8.93. The normalized spacial score (nSPS) is 14.3. The number of ether oxygens (including phenoxy) is 1. The van der Waals surface area contributed by atoms with Crippen molar-refractivity contribution in [2.45, 2.75) is 25.8 Å². The lowest BCUT2D eigenvalue weighted by Gasteiger charge is -2.13. The molecule has 6 nitrogen and oxygen atoms in total. The monoisotopic (exact) mass is 346 g/mol. The van der Waals surface area contributed by atoms with Gasteiger partial charge in [0.05, 0.1) is 0 Å². The number of rotatable bonds is 9. The molecule has 1 fully saturated rings. The van der Waals surface area contributed by atoms with Crippen LogP contribution in [0.3, 0.4) is 0 Å². The number of hydrogen-bond donors (Lipinski definition) is 2. The minimum atomic E-state index is 0.0147. The van der Waals surface area contributed by atoms with Crippen molar-refractivity contribution in [1.82, 2.24) is 15.5 Å². The first-order chi connectivity index (χ1) is 12.1. The molecule has 1 aromatic rings. The Morgan fingerprint density at radius 1 is 1.24 bits per heavy atom. The standard InChI is InChI=1S/C19H30N4O2/c1-20-19(21-11-4-12-25-14-16-5-6-16)22-13-15-7-9-17(10-8-15)18(24)23(2)3/h7-10,16H,4-6,11-14H2,1-3H3,(H2,20,21,22). The molecule has 0 radical (unpaired) electrons. The zero-order valence-electron chi connectivity index (χ0n) is 15.5. The highest BCUT2D eigenvalue weighted by molar-refractivity contribution is 5.93. The Labute approximate surface area is 150 Å². The Morgan fingerprint density at radius 3 is 2.56 bits per heavy atom. The van der Waals surface area contributed by atoms with Crippen molar-refractivity contribution in [3.8, 4) is 0 Å². The highest BCUT2D eigenvalue weighted by Crippen LogP contribution is 2.28. The molecular weight excluding hydrogens is 316 g/mol. The number of carbonyl (C=O) groups excluding carboxylic acids is 1. The Hall–Kier alpha value is -2.08. The second-order valence-electron chi connectivity index (χ2n) is 6.62. The van der Waals surface area contributed by atoms with Gasteiger partial charge in [0.15, 0.2) is 5.96 Å². The zero-order valence-corrected chi connectivity index (χ0v) is 15.5. The summed E-state index contributed by atoms with van der Waals surface area (Å²) in [7, 11) is 5.27. The highest BCUT2D eigenvalue weighted by atomic mass is 16.5. The van der Waals surface area contributed by atoms with Gasteiger partial charge < -0.3 is 20.3 Å². The Morgan fingerprint density at radius 2 is 1.96 bits per heavy atom. The molecule has 1 saturated carbocycles. The molecule has 1 aliphatic carbocycles. The number of aliphatic imine (C=N–C) groups is 1. The summed E-state index contributed by atoms with van der Waals surface area (Å²) in [6.07, 6.45) is 3.63. The van der Waals surface area contributed by atoms with E-state index >= 15 is 0 Å². The number of guanidine groups is 1. The van der Waals surface area contributed by atoms with Gasteiger partial charge in [0.2, 0.25) is 0 Å². The molecule has 6 heteroatoms. The van der Waals surface area contributed by atoms with E-state index < -0.39 is 0 Å². The van der Waals surface area contributed by atoms with Crippen LogP contribution in [0, 0.1) is 5.92 Å². The predicted octanol–water partition coefficient (Wildman–Crippen LogP) is 1.87. The molecule has 0 unspecified atom stereocenters. The summed E-state index contributed by atoms with van der Waals surface area (Å²) in [5.41, 5.74) is 1.80. The van der Waals surface area contributed by atoms with Crippen molar-refractivity contribution in [3.05, 3.63) is 35.4 Å². The van der Waals surface area contributed by atoms with E-state index in [1.807, 2.05) is 24.3 Å². The fourth-order valence-electron chi connectivity index (χ4n) is 2.35. The molecule has 1 aromatic carbocycles. The van der Waals surface area contributed by atoms with Gasteiger partial charge in [0, 0.05) is 53.0 Å². The summed E-state index contributed by atoms with van der Waals surface area (Å²) < 4.78 is 5.62. The minimum Gasteiger partial charge on any atom is -0.381 e. The van der Waals surface area contributed by atoms with E-state index in [-0.39, 0.29) is 5.91 Å². The van der Waals surface area contributed by atoms with Crippen molar-refractivity contribution >= 4 is 11.9 Å². The van der Waals surface area contributed by atoms with E-state index in [1.54, 1.807) is 26.0 Å². The van der Waals surface area contributed by atoms with Crippen LogP contribution in [0.15, 0.2) is 29.3 Å². The third-order valence-electron chi connectivity index (χ3n) is 4.10. The minimum absolute atomic E-state index is 0.0147.